The van der Waals surface area contributed by atoms with Gasteiger partial charge >= 0.3 is 42.2 Å². The van der Waals surface area contributed by atoms with Gasteiger partial charge in [-0.2, -0.15) is 8.78 Å². The lowest BCUT2D eigenvalue weighted by Gasteiger charge is -2.67. The van der Waals surface area contributed by atoms with Crippen LogP contribution in [-0.2, 0) is 63.6 Å². The molecule has 10 atom stereocenters. The first-order valence-corrected chi connectivity index (χ1v) is 27.9. The van der Waals surface area contributed by atoms with Crippen molar-refractivity contribution in [1.29, 1.82) is 0 Å². The van der Waals surface area contributed by atoms with E-state index >= 15 is 13.6 Å². The molecule has 3 aromatic carbocycles. The number of hydrogen-bond acceptors (Lipinski definition) is 18. The number of benzene rings is 3. The Kier molecular flexibility index (Phi) is 19.3. The maximum Gasteiger partial charge on any atom is 0.509 e. The number of alkyl halides is 8. The first-order chi connectivity index (χ1) is 38.4. The Morgan fingerprint density at radius 2 is 1.36 bits per heavy atom. The van der Waals surface area contributed by atoms with E-state index in [1.54, 1.807) is 18.2 Å². The Balaban J connectivity index is 1.42. The van der Waals surface area contributed by atoms with Crippen LogP contribution in [0.25, 0.3) is 0 Å². The second-order valence-electron chi connectivity index (χ2n) is 22.1. The highest BCUT2D eigenvalue weighted by atomic mass is 35.6. The van der Waals surface area contributed by atoms with Crippen molar-refractivity contribution in [1.82, 2.24) is 5.32 Å². The monoisotopic (exact) mass is 1280 g/mol. The predicted molar refractivity (Wildman–Crippen MR) is 294 cm³/mol. The largest absolute Gasteiger partial charge is 0.509 e. The molecule has 3 fully saturated rings. The van der Waals surface area contributed by atoms with Crippen LogP contribution in [0.2, 0.25) is 0 Å². The van der Waals surface area contributed by atoms with Crippen LogP contribution >= 0.6 is 69.6 Å². The third kappa shape index (κ3) is 14.1. The van der Waals surface area contributed by atoms with Gasteiger partial charge in [-0.3, -0.25) is 9.59 Å². The van der Waals surface area contributed by atoms with Gasteiger partial charge in [-0.25, -0.2) is 24.0 Å². The van der Waals surface area contributed by atoms with Gasteiger partial charge in [-0.15, -0.1) is 0 Å². The zero-order valence-electron chi connectivity index (χ0n) is 45.8. The van der Waals surface area contributed by atoms with Crippen LogP contribution in [-0.4, -0.2) is 128 Å². The highest BCUT2D eigenvalue weighted by Gasteiger charge is 2.79. The second-order valence-corrected chi connectivity index (χ2v) is 27.1. The van der Waals surface area contributed by atoms with E-state index in [4.69, 9.17) is 117 Å². The smallest absolute Gasteiger partial charge is 0.489 e. The number of Topliss-reactive ketones (excluding diaryl/α,β-unsaturated/α-hetero) is 1. The lowest BCUT2D eigenvalue weighted by atomic mass is 9.44. The molecule has 3 aromatic rings. The molecule has 1 heterocycles. The minimum atomic E-state index is -4.75. The number of ether oxygens (including phenoxy) is 10. The van der Waals surface area contributed by atoms with Crippen molar-refractivity contribution in [2.75, 3.05) is 19.8 Å². The van der Waals surface area contributed by atoms with Crippen molar-refractivity contribution in [3.63, 3.8) is 0 Å². The van der Waals surface area contributed by atoms with Crippen molar-refractivity contribution in [2.45, 2.75) is 142 Å². The third-order valence-electron chi connectivity index (χ3n) is 15.0. The molecule has 0 aromatic heterocycles. The predicted octanol–water partition coefficient (Wildman–Crippen LogP) is 11.2. The minimum absolute atomic E-state index is 0.100. The molecule has 0 radical (unpaired) electrons. The number of nitrogens with one attached hydrogen (secondary N) is 1. The second kappa shape index (κ2) is 24.5. The molecule has 0 spiro atoms. The summed E-state index contributed by atoms with van der Waals surface area (Å²) in [6, 6.07) is 18.7. The van der Waals surface area contributed by atoms with Crippen LogP contribution in [0.1, 0.15) is 95.8 Å². The van der Waals surface area contributed by atoms with Crippen LogP contribution in [0.15, 0.2) is 96.1 Å². The van der Waals surface area contributed by atoms with Gasteiger partial charge < -0.3 is 57.8 Å². The average molecular weight is 1280 g/mol. The van der Waals surface area contributed by atoms with E-state index in [2.05, 4.69) is 5.32 Å². The molecule has 2 saturated carbocycles. The maximum absolute atomic E-state index is 17.5. The van der Waals surface area contributed by atoms with Gasteiger partial charge in [0, 0.05) is 25.2 Å². The van der Waals surface area contributed by atoms with Crippen LogP contribution in [0, 0.1) is 16.7 Å². The summed E-state index contributed by atoms with van der Waals surface area (Å²) < 4.78 is 88.1. The van der Waals surface area contributed by atoms with E-state index in [9.17, 15) is 33.9 Å². The molecule has 27 heteroatoms. The summed E-state index contributed by atoms with van der Waals surface area (Å²) in [4.78, 5) is 100. The van der Waals surface area contributed by atoms with Crippen molar-refractivity contribution >= 4 is 112 Å². The summed E-state index contributed by atoms with van der Waals surface area (Å²) in [7, 11) is 0. The number of hydrogen-bond donors (Lipinski definition) is 2. The summed E-state index contributed by atoms with van der Waals surface area (Å²) in [5.41, 5.74) is -11.3. The minimum Gasteiger partial charge on any atom is -0.489 e. The number of ketones is 1. The summed E-state index contributed by atoms with van der Waals surface area (Å²) in [5.74, 6) is -12.2. The molecule has 2 N–H and O–H groups in total. The number of esters is 3. The topological polar surface area (TPSA) is 244 Å². The molecular weight excluding hydrogens is 1230 g/mol. The standard InChI is InChI=1S/C56H59Cl6F2NO18/c1-29-35(78-45(69)56(63,64)41(65-46(70)83-49(3,4)5)32-19-21-34(22-20-32)74-25-31-15-11-9-12-16-31)24-53(73)43(81-44(68)33-17-13-10-14-18-33)40-51(8,42(67)39(38(29)50(53,6)7)80-48(72)77-28-55(60,61)62)36(79-47(71)76-27-54(57,58)59)23-37-52(40,26-75-37)82-30(2)66/h9-22,35-37,39-41,43,73H,23-28H2,1-8H3,(H,65,70)/t35-,36-,37+,39+,40-,41?,43-,51+,52-,53+/m0/s1. The summed E-state index contributed by atoms with van der Waals surface area (Å²) in [5, 5.41) is 16.2. The van der Waals surface area contributed by atoms with E-state index in [1.165, 1.54) is 97.0 Å². The van der Waals surface area contributed by atoms with Gasteiger partial charge in [0.1, 0.15) is 67.2 Å². The first kappa shape index (κ1) is 65.2. The highest BCUT2D eigenvalue weighted by Crippen LogP contribution is 2.65. The quantitative estimate of drug-likeness (QED) is 0.0622. The molecule has 1 amide bonds. The summed E-state index contributed by atoms with van der Waals surface area (Å²) in [6.07, 6.45) is -16.1. The van der Waals surface area contributed by atoms with E-state index in [0.717, 1.165) is 12.5 Å². The van der Waals surface area contributed by atoms with Crippen LogP contribution in [0.4, 0.5) is 23.2 Å². The fourth-order valence-electron chi connectivity index (χ4n) is 11.2. The van der Waals surface area contributed by atoms with Crippen molar-refractivity contribution < 1.29 is 94.8 Å². The zero-order chi connectivity index (χ0) is 61.5. The summed E-state index contributed by atoms with van der Waals surface area (Å²) in [6.45, 7) is 8.15. The zero-order valence-corrected chi connectivity index (χ0v) is 50.3. The average Bonchev–Trinajstić information content (AvgIpc) is 1.02. The lowest BCUT2D eigenvalue weighted by molar-refractivity contribution is -0.346. The van der Waals surface area contributed by atoms with Gasteiger partial charge in [-0.05, 0) is 81.2 Å². The van der Waals surface area contributed by atoms with Crippen LogP contribution < -0.4 is 10.1 Å². The molecule has 2 bridgehead atoms. The van der Waals surface area contributed by atoms with Crippen molar-refractivity contribution in [2.24, 2.45) is 16.7 Å². The molecular formula is C56H59Cl6F2NO18. The summed E-state index contributed by atoms with van der Waals surface area (Å²) >= 11 is 35.4. The molecule has 7 rings (SSSR count). The van der Waals surface area contributed by atoms with Gasteiger partial charge in [0.05, 0.1) is 23.5 Å². The molecule has 1 unspecified atom stereocenters. The Labute approximate surface area is 505 Å². The Bertz CT molecular complexity index is 2970. The third-order valence-corrected chi connectivity index (χ3v) is 15.7. The number of carbonyl (C=O) groups excluding carboxylic acids is 7. The highest BCUT2D eigenvalue weighted by molar-refractivity contribution is 6.68. The van der Waals surface area contributed by atoms with Gasteiger partial charge in [0.25, 0.3) is 0 Å². The molecule has 4 aliphatic rings. The van der Waals surface area contributed by atoms with Gasteiger partial charge in [0.15, 0.2) is 17.5 Å². The maximum atomic E-state index is 17.5. The van der Waals surface area contributed by atoms with Crippen LogP contribution in [0.3, 0.4) is 0 Å². The van der Waals surface area contributed by atoms with Crippen LogP contribution in [0.5, 0.6) is 5.75 Å². The van der Waals surface area contributed by atoms with E-state index in [-0.39, 0.29) is 29.1 Å². The SMILES string of the molecule is CC(=O)O[C@@]12CO[C@@H]1C[C@H](OC(=O)OCC(Cl)(Cl)Cl)[C@@]1(C)C(=O)[C@H](OC(=O)OCC(Cl)(Cl)Cl)C3=C(C)[C@@H](OC(=O)C(F)(F)C(NC(=O)OC(C)(C)C)c4ccc(OCc5ccccc5)cc4)C[C@@](O)([C@@H](OC(=O)c4ccccc4)[C@H]21)C3(C)C. The van der Waals surface area contributed by atoms with E-state index < -0.39 is 164 Å². The lowest BCUT2D eigenvalue weighted by Crippen LogP contribution is -2.82. The molecule has 1 saturated heterocycles. The fraction of sp³-hybridized carbons (Fsp3) is 0.518. The number of rotatable bonds is 15. The molecule has 1 aliphatic heterocycles. The number of halogens is 8. The van der Waals surface area contributed by atoms with Crippen molar-refractivity contribution in [3.8, 4) is 5.75 Å². The fourth-order valence-corrected chi connectivity index (χ4v) is 11.5. The van der Waals surface area contributed by atoms with Gasteiger partial charge in [-0.1, -0.05) is 144 Å². The number of carbonyl (C=O) groups is 7. The Morgan fingerprint density at radius 1 is 0.795 bits per heavy atom. The molecule has 3 aliphatic carbocycles. The van der Waals surface area contributed by atoms with E-state index in [0.29, 0.717) is 0 Å². The van der Waals surface area contributed by atoms with Crippen molar-refractivity contribution in [3.05, 3.63) is 113 Å². The molecule has 452 valence electrons. The van der Waals surface area contributed by atoms with Gasteiger partial charge in [0.2, 0.25) is 7.59 Å². The number of aliphatic hydroxyl groups is 1. The van der Waals surface area contributed by atoms with E-state index in [1.807, 2.05) is 18.2 Å². The number of alkyl carbamates (subject to hydrolysis) is 1. The Hall–Kier alpha value is -5.39. The normalized spacial score (nSPS) is 27.0. The molecule has 83 heavy (non-hydrogen) atoms. The Morgan fingerprint density at radius 3 is 1.89 bits per heavy atom. The first-order valence-electron chi connectivity index (χ1n) is 25.6. The number of amides is 1. The molecule has 19 nitrogen and oxygen atoms in total. The number of fused-ring (bicyclic) bond motifs is 5.